The standard InChI is InChI=1S/C17H18ClFN2O3S/c18-14-6-2-4-8-16(14)25(23,24)21-12-10-17(22)20-11-9-13-5-1-3-7-15(13)19/h1-8,21H,9-12H2,(H,20,22). The lowest BCUT2D eigenvalue weighted by molar-refractivity contribution is -0.120. The number of benzene rings is 2. The molecule has 0 unspecified atom stereocenters. The van der Waals surface area contributed by atoms with Crippen molar-refractivity contribution in [2.24, 2.45) is 0 Å². The van der Waals surface area contributed by atoms with Crippen molar-refractivity contribution in [2.45, 2.75) is 17.7 Å². The summed E-state index contributed by atoms with van der Waals surface area (Å²) in [6.07, 6.45) is 0.338. The molecule has 0 atom stereocenters. The number of sulfonamides is 1. The number of rotatable bonds is 8. The zero-order valence-corrected chi connectivity index (χ0v) is 14.9. The van der Waals surface area contributed by atoms with Crippen molar-refractivity contribution in [3.8, 4) is 0 Å². The third-order valence-electron chi connectivity index (χ3n) is 3.44. The minimum atomic E-state index is -3.77. The van der Waals surface area contributed by atoms with Gasteiger partial charge in [-0.25, -0.2) is 17.5 Å². The second-order valence-corrected chi connectivity index (χ2v) is 7.41. The highest BCUT2D eigenvalue weighted by molar-refractivity contribution is 7.89. The fourth-order valence-corrected chi connectivity index (χ4v) is 3.71. The molecule has 0 radical (unpaired) electrons. The van der Waals surface area contributed by atoms with E-state index in [1.165, 1.54) is 18.2 Å². The lowest BCUT2D eigenvalue weighted by Gasteiger charge is -2.09. The second-order valence-electron chi connectivity index (χ2n) is 5.27. The van der Waals surface area contributed by atoms with E-state index in [9.17, 15) is 17.6 Å². The molecule has 0 fully saturated rings. The van der Waals surface area contributed by atoms with Gasteiger partial charge in [0.25, 0.3) is 0 Å². The zero-order chi connectivity index (χ0) is 18.3. The molecule has 0 saturated carbocycles. The maximum absolute atomic E-state index is 13.4. The van der Waals surface area contributed by atoms with Crippen LogP contribution in [0, 0.1) is 5.82 Å². The number of carbonyl (C=O) groups excluding carboxylic acids is 1. The number of hydrogen-bond acceptors (Lipinski definition) is 3. The molecule has 0 aliphatic heterocycles. The van der Waals surface area contributed by atoms with Crippen LogP contribution in [0.1, 0.15) is 12.0 Å². The van der Waals surface area contributed by atoms with Crippen LogP contribution in [0.25, 0.3) is 0 Å². The van der Waals surface area contributed by atoms with E-state index in [-0.39, 0.29) is 41.2 Å². The minimum Gasteiger partial charge on any atom is -0.356 e. The lowest BCUT2D eigenvalue weighted by atomic mass is 10.1. The number of amides is 1. The van der Waals surface area contributed by atoms with E-state index in [4.69, 9.17) is 11.6 Å². The Hall–Kier alpha value is -1.96. The summed E-state index contributed by atoms with van der Waals surface area (Å²) in [7, 11) is -3.77. The average molecular weight is 385 g/mol. The van der Waals surface area contributed by atoms with Crippen LogP contribution in [-0.4, -0.2) is 27.4 Å². The Morgan fingerprint density at radius 1 is 1.04 bits per heavy atom. The van der Waals surface area contributed by atoms with E-state index in [1.54, 1.807) is 30.3 Å². The Bertz CT molecular complexity index is 843. The van der Waals surface area contributed by atoms with E-state index in [0.717, 1.165) is 0 Å². The highest BCUT2D eigenvalue weighted by atomic mass is 35.5. The summed E-state index contributed by atoms with van der Waals surface area (Å²) in [6, 6.07) is 12.4. The molecule has 0 aliphatic rings. The Morgan fingerprint density at radius 3 is 2.44 bits per heavy atom. The molecule has 1 amide bonds. The Morgan fingerprint density at radius 2 is 1.72 bits per heavy atom. The van der Waals surface area contributed by atoms with Gasteiger partial charge < -0.3 is 5.32 Å². The predicted octanol–water partition coefficient (Wildman–Crippen LogP) is 2.51. The summed E-state index contributed by atoms with van der Waals surface area (Å²) in [5.41, 5.74) is 0.516. The van der Waals surface area contributed by atoms with Crippen LogP contribution in [0.4, 0.5) is 4.39 Å². The molecular weight excluding hydrogens is 367 g/mol. The van der Waals surface area contributed by atoms with Gasteiger partial charge in [0, 0.05) is 19.5 Å². The van der Waals surface area contributed by atoms with E-state index >= 15 is 0 Å². The van der Waals surface area contributed by atoms with E-state index < -0.39 is 10.0 Å². The number of carbonyl (C=O) groups is 1. The first kappa shape index (κ1) is 19.4. The van der Waals surface area contributed by atoms with Gasteiger partial charge in [0.1, 0.15) is 10.7 Å². The van der Waals surface area contributed by atoms with Crippen molar-refractivity contribution < 1.29 is 17.6 Å². The molecule has 0 aliphatic carbocycles. The zero-order valence-electron chi connectivity index (χ0n) is 13.3. The molecule has 2 aromatic rings. The van der Waals surface area contributed by atoms with Gasteiger partial charge in [-0.3, -0.25) is 4.79 Å². The molecule has 0 saturated heterocycles. The number of halogens is 2. The molecule has 2 N–H and O–H groups in total. The monoisotopic (exact) mass is 384 g/mol. The molecule has 25 heavy (non-hydrogen) atoms. The molecule has 134 valence electrons. The first-order valence-electron chi connectivity index (χ1n) is 7.64. The number of hydrogen-bond donors (Lipinski definition) is 2. The van der Waals surface area contributed by atoms with Crippen LogP contribution >= 0.6 is 11.6 Å². The van der Waals surface area contributed by atoms with Gasteiger partial charge in [-0.05, 0) is 30.2 Å². The molecule has 2 aromatic carbocycles. The summed E-state index contributed by atoms with van der Waals surface area (Å²) in [5.74, 6) is -0.637. The van der Waals surface area contributed by atoms with Crippen molar-refractivity contribution in [1.82, 2.24) is 10.0 Å². The summed E-state index contributed by atoms with van der Waals surface area (Å²) in [4.78, 5) is 11.7. The number of nitrogens with one attached hydrogen (secondary N) is 2. The van der Waals surface area contributed by atoms with Gasteiger partial charge in [0.05, 0.1) is 5.02 Å². The van der Waals surface area contributed by atoms with Gasteiger partial charge in [-0.15, -0.1) is 0 Å². The summed E-state index contributed by atoms with van der Waals surface area (Å²) in [6.45, 7) is 0.218. The maximum atomic E-state index is 13.4. The van der Waals surface area contributed by atoms with E-state index in [2.05, 4.69) is 10.0 Å². The van der Waals surface area contributed by atoms with Gasteiger partial charge in [-0.1, -0.05) is 41.9 Å². The Kier molecular flexibility index (Phi) is 6.92. The predicted molar refractivity (Wildman–Crippen MR) is 94.4 cm³/mol. The van der Waals surface area contributed by atoms with Crippen LogP contribution in [-0.2, 0) is 21.2 Å². The van der Waals surface area contributed by atoms with Crippen molar-refractivity contribution in [2.75, 3.05) is 13.1 Å². The van der Waals surface area contributed by atoms with Crippen molar-refractivity contribution >= 4 is 27.5 Å². The summed E-state index contributed by atoms with van der Waals surface area (Å²) < 4.78 is 40.0. The van der Waals surface area contributed by atoms with Crippen LogP contribution in [0.2, 0.25) is 5.02 Å². The highest BCUT2D eigenvalue weighted by Gasteiger charge is 2.17. The van der Waals surface area contributed by atoms with Gasteiger partial charge in [0.15, 0.2) is 0 Å². The lowest BCUT2D eigenvalue weighted by Crippen LogP contribution is -2.31. The maximum Gasteiger partial charge on any atom is 0.242 e. The van der Waals surface area contributed by atoms with Crippen molar-refractivity contribution in [3.05, 3.63) is 64.9 Å². The SMILES string of the molecule is O=C(CCNS(=O)(=O)c1ccccc1Cl)NCCc1ccccc1F. The fourth-order valence-electron chi connectivity index (χ4n) is 2.17. The quantitative estimate of drug-likeness (QED) is 0.734. The third kappa shape index (κ3) is 5.81. The highest BCUT2D eigenvalue weighted by Crippen LogP contribution is 2.19. The molecule has 0 aromatic heterocycles. The Balaban J connectivity index is 1.75. The topological polar surface area (TPSA) is 75.3 Å². The van der Waals surface area contributed by atoms with Crippen LogP contribution in [0.3, 0.4) is 0 Å². The smallest absolute Gasteiger partial charge is 0.242 e. The van der Waals surface area contributed by atoms with Crippen LogP contribution in [0.15, 0.2) is 53.4 Å². The molecule has 0 spiro atoms. The molecule has 5 nitrogen and oxygen atoms in total. The Labute approximate surface area is 151 Å². The van der Waals surface area contributed by atoms with Crippen molar-refractivity contribution in [1.29, 1.82) is 0 Å². The molecule has 2 rings (SSSR count). The first-order valence-corrected chi connectivity index (χ1v) is 9.50. The van der Waals surface area contributed by atoms with E-state index in [1.807, 2.05) is 0 Å². The fraction of sp³-hybridized carbons (Fsp3) is 0.235. The molecule has 8 heteroatoms. The molecular formula is C17H18ClFN2O3S. The first-order chi connectivity index (χ1) is 11.9. The van der Waals surface area contributed by atoms with Crippen LogP contribution in [0.5, 0.6) is 0 Å². The largest absolute Gasteiger partial charge is 0.356 e. The molecule has 0 bridgehead atoms. The summed E-state index contributed by atoms with van der Waals surface area (Å²) >= 11 is 5.86. The summed E-state index contributed by atoms with van der Waals surface area (Å²) in [5, 5.41) is 2.74. The van der Waals surface area contributed by atoms with Gasteiger partial charge >= 0.3 is 0 Å². The average Bonchev–Trinajstić information content (AvgIpc) is 2.56. The normalized spacial score (nSPS) is 11.3. The second kappa shape index (κ2) is 8.94. The van der Waals surface area contributed by atoms with Gasteiger partial charge in [0.2, 0.25) is 15.9 Å². The van der Waals surface area contributed by atoms with Crippen molar-refractivity contribution in [3.63, 3.8) is 0 Å². The third-order valence-corrected chi connectivity index (χ3v) is 5.41. The minimum absolute atomic E-state index is 0.0268. The van der Waals surface area contributed by atoms with Gasteiger partial charge in [-0.2, -0.15) is 0 Å². The van der Waals surface area contributed by atoms with E-state index in [0.29, 0.717) is 12.0 Å². The van der Waals surface area contributed by atoms with Crippen LogP contribution < -0.4 is 10.0 Å². The molecule has 0 heterocycles.